The number of piperidine rings is 1. The Balaban J connectivity index is 1.18. The van der Waals surface area contributed by atoms with Crippen molar-refractivity contribution in [2.24, 2.45) is 7.05 Å². The van der Waals surface area contributed by atoms with Gasteiger partial charge in [-0.05, 0) is 43.2 Å². The van der Waals surface area contributed by atoms with Crippen molar-refractivity contribution in [1.82, 2.24) is 9.47 Å². The number of anilines is 2. The lowest BCUT2D eigenvalue weighted by Crippen LogP contribution is -2.42. The molecule has 0 unspecified atom stereocenters. The van der Waals surface area contributed by atoms with Crippen LogP contribution in [0.3, 0.4) is 0 Å². The third-order valence-electron chi connectivity index (χ3n) is 6.70. The van der Waals surface area contributed by atoms with Crippen molar-refractivity contribution in [2.45, 2.75) is 25.5 Å². The number of para-hydroxylation sites is 2. The number of likely N-dealkylation sites (tertiary alicyclic amines) is 1. The first-order valence-corrected chi connectivity index (χ1v) is 11.6. The lowest BCUT2D eigenvalue weighted by Gasteiger charge is -2.32. The molecule has 3 N–H and O–H groups in total. The molecule has 1 aromatic heterocycles. The number of amides is 1. The van der Waals surface area contributed by atoms with Gasteiger partial charge in [0.2, 0.25) is 5.91 Å². The monoisotopic (exact) mass is 442 g/mol. The number of carbonyl (C=O) groups is 1. The minimum Gasteiger partial charge on any atom is -0.392 e. The number of benzene rings is 3. The molecule has 1 aliphatic rings. The van der Waals surface area contributed by atoms with Gasteiger partial charge in [0, 0.05) is 64.9 Å². The minimum atomic E-state index is 0.0200. The standard InChI is InChI=1S/C27H30N4O2/c1-30-25-9-5-3-7-22(25)23-16-21(10-11-26(23)30)29-27(33)17-31-14-12-20(13-15-31)28-24-8-4-2-6-19(24)18-32/h2-11,16,20,28,32H,12-15,17-18H2,1H3,(H,29,33). The summed E-state index contributed by atoms with van der Waals surface area (Å²) < 4.78 is 2.19. The molecule has 3 aromatic carbocycles. The number of rotatable bonds is 6. The molecule has 0 atom stereocenters. The van der Waals surface area contributed by atoms with E-state index in [1.165, 1.54) is 10.9 Å². The average molecular weight is 443 g/mol. The molecule has 0 radical (unpaired) electrons. The molecule has 4 aromatic rings. The quantitative estimate of drug-likeness (QED) is 0.416. The highest BCUT2D eigenvalue weighted by atomic mass is 16.3. The van der Waals surface area contributed by atoms with Gasteiger partial charge >= 0.3 is 0 Å². The normalized spacial score (nSPS) is 15.2. The Labute approximate surface area is 193 Å². The van der Waals surface area contributed by atoms with Gasteiger partial charge in [-0.1, -0.05) is 36.4 Å². The van der Waals surface area contributed by atoms with E-state index in [0.717, 1.165) is 53.8 Å². The Morgan fingerprint density at radius 3 is 2.52 bits per heavy atom. The SMILES string of the molecule is Cn1c2ccccc2c2cc(NC(=O)CN3CCC(Nc4ccccc4CO)CC3)ccc21. The first-order valence-electron chi connectivity index (χ1n) is 11.6. The van der Waals surface area contributed by atoms with Crippen LogP contribution >= 0.6 is 0 Å². The summed E-state index contributed by atoms with van der Waals surface area (Å²) in [5.74, 6) is 0.0200. The van der Waals surface area contributed by atoms with Crippen molar-refractivity contribution in [1.29, 1.82) is 0 Å². The number of hydrogen-bond acceptors (Lipinski definition) is 4. The van der Waals surface area contributed by atoms with E-state index in [2.05, 4.69) is 51.4 Å². The Morgan fingerprint density at radius 2 is 1.70 bits per heavy atom. The van der Waals surface area contributed by atoms with E-state index in [9.17, 15) is 9.90 Å². The van der Waals surface area contributed by atoms with Crippen molar-refractivity contribution in [3.8, 4) is 0 Å². The number of aliphatic hydroxyl groups excluding tert-OH is 1. The number of nitrogens with zero attached hydrogens (tertiary/aromatic N) is 2. The molecule has 0 saturated carbocycles. The molecule has 0 bridgehead atoms. The van der Waals surface area contributed by atoms with Gasteiger partial charge in [0.25, 0.3) is 0 Å². The number of aryl methyl sites for hydroxylation is 1. The van der Waals surface area contributed by atoms with E-state index in [4.69, 9.17) is 0 Å². The number of aliphatic hydroxyl groups is 1. The van der Waals surface area contributed by atoms with Gasteiger partial charge in [0.05, 0.1) is 13.2 Å². The number of nitrogens with one attached hydrogen (secondary N) is 2. The molecule has 1 amide bonds. The summed E-state index contributed by atoms with van der Waals surface area (Å²) in [7, 11) is 2.07. The molecule has 1 saturated heterocycles. The van der Waals surface area contributed by atoms with Crippen molar-refractivity contribution >= 4 is 39.1 Å². The molecule has 6 heteroatoms. The first kappa shape index (κ1) is 21.5. The smallest absolute Gasteiger partial charge is 0.238 e. The molecule has 5 rings (SSSR count). The van der Waals surface area contributed by atoms with Gasteiger partial charge in [0.15, 0.2) is 0 Å². The second-order valence-corrected chi connectivity index (χ2v) is 8.87. The molecule has 0 spiro atoms. The first-order chi connectivity index (χ1) is 16.1. The maximum Gasteiger partial charge on any atom is 0.238 e. The second-order valence-electron chi connectivity index (χ2n) is 8.87. The molecule has 170 valence electrons. The predicted molar refractivity (Wildman–Crippen MR) is 135 cm³/mol. The summed E-state index contributed by atoms with van der Waals surface area (Å²) in [6, 6.07) is 22.7. The zero-order valence-corrected chi connectivity index (χ0v) is 18.9. The van der Waals surface area contributed by atoms with E-state index in [1.54, 1.807) is 0 Å². The Hall–Kier alpha value is -3.35. The summed E-state index contributed by atoms with van der Waals surface area (Å²) in [5.41, 5.74) is 5.10. The molecule has 6 nitrogen and oxygen atoms in total. The van der Waals surface area contributed by atoms with Crippen LogP contribution in [0.15, 0.2) is 66.7 Å². The number of aromatic nitrogens is 1. The van der Waals surface area contributed by atoms with Crippen molar-refractivity contribution in [3.05, 3.63) is 72.3 Å². The molecule has 1 aliphatic heterocycles. The summed E-state index contributed by atoms with van der Waals surface area (Å²) in [4.78, 5) is 15.0. The molecular weight excluding hydrogens is 412 g/mol. The Kier molecular flexibility index (Phi) is 6.03. The third-order valence-corrected chi connectivity index (χ3v) is 6.70. The Bertz CT molecular complexity index is 1290. The maximum absolute atomic E-state index is 12.7. The van der Waals surface area contributed by atoms with E-state index in [-0.39, 0.29) is 12.5 Å². The van der Waals surface area contributed by atoms with Crippen LogP contribution in [-0.4, -0.2) is 46.2 Å². The topological polar surface area (TPSA) is 69.5 Å². The maximum atomic E-state index is 12.7. The fraction of sp³-hybridized carbons (Fsp3) is 0.296. The molecular formula is C27H30N4O2. The van der Waals surface area contributed by atoms with Crippen molar-refractivity contribution in [2.75, 3.05) is 30.3 Å². The zero-order chi connectivity index (χ0) is 22.8. The number of carbonyl (C=O) groups excluding carboxylic acids is 1. The zero-order valence-electron chi connectivity index (χ0n) is 18.9. The van der Waals surface area contributed by atoms with E-state index in [0.29, 0.717) is 12.6 Å². The second kappa shape index (κ2) is 9.25. The molecule has 2 heterocycles. The molecule has 0 aliphatic carbocycles. The van der Waals surface area contributed by atoms with Crippen LogP contribution in [-0.2, 0) is 18.4 Å². The average Bonchev–Trinajstić information content (AvgIpc) is 3.12. The number of fused-ring (bicyclic) bond motifs is 3. The highest BCUT2D eigenvalue weighted by Crippen LogP contribution is 2.30. The lowest BCUT2D eigenvalue weighted by molar-refractivity contribution is -0.117. The highest BCUT2D eigenvalue weighted by molar-refractivity contribution is 6.09. The van der Waals surface area contributed by atoms with E-state index < -0.39 is 0 Å². The van der Waals surface area contributed by atoms with E-state index in [1.807, 2.05) is 42.5 Å². The van der Waals surface area contributed by atoms with Gasteiger partial charge in [-0.25, -0.2) is 0 Å². The van der Waals surface area contributed by atoms with Crippen LogP contribution < -0.4 is 10.6 Å². The van der Waals surface area contributed by atoms with Crippen molar-refractivity contribution < 1.29 is 9.90 Å². The number of hydrogen-bond donors (Lipinski definition) is 3. The van der Waals surface area contributed by atoms with Crippen LogP contribution in [0.1, 0.15) is 18.4 Å². The summed E-state index contributed by atoms with van der Waals surface area (Å²) in [5, 5.41) is 18.5. The van der Waals surface area contributed by atoms with Gasteiger partial charge in [-0.3, -0.25) is 9.69 Å². The van der Waals surface area contributed by atoms with E-state index >= 15 is 0 Å². The van der Waals surface area contributed by atoms with Crippen LogP contribution in [0.25, 0.3) is 21.8 Å². The minimum absolute atomic E-state index is 0.0200. The van der Waals surface area contributed by atoms with Gasteiger partial charge in [0.1, 0.15) is 0 Å². The van der Waals surface area contributed by atoms with Crippen LogP contribution in [0.5, 0.6) is 0 Å². The fourth-order valence-corrected chi connectivity index (χ4v) is 4.90. The highest BCUT2D eigenvalue weighted by Gasteiger charge is 2.21. The Morgan fingerprint density at radius 1 is 0.970 bits per heavy atom. The third kappa shape index (κ3) is 4.45. The molecule has 33 heavy (non-hydrogen) atoms. The fourth-order valence-electron chi connectivity index (χ4n) is 4.90. The predicted octanol–water partition coefficient (Wildman–Crippen LogP) is 4.34. The summed E-state index contributed by atoms with van der Waals surface area (Å²) in [6.45, 7) is 2.17. The van der Waals surface area contributed by atoms with Crippen molar-refractivity contribution in [3.63, 3.8) is 0 Å². The summed E-state index contributed by atoms with van der Waals surface area (Å²) in [6.07, 6.45) is 1.93. The van der Waals surface area contributed by atoms with Gasteiger partial charge < -0.3 is 20.3 Å². The van der Waals surface area contributed by atoms with Gasteiger partial charge in [-0.15, -0.1) is 0 Å². The lowest BCUT2D eigenvalue weighted by atomic mass is 10.0. The van der Waals surface area contributed by atoms with Crippen LogP contribution in [0.2, 0.25) is 0 Å². The largest absolute Gasteiger partial charge is 0.392 e. The van der Waals surface area contributed by atoms with Crippen LogP contribution in [0.4, 0.5) is 11.4 Å². The van der Waals surface area contributed by atoms with Gasteiger partial charge in [-0.2, -0.15) is 0 Å². The summed E-state index contributed by atoms with van der Waals surface area (Å²) >= 11 is 0. The molecule has 1 fully saturated rings. The van der Waals surface area contributed by atoms with Crippen LogP contribution in [0, 0.1) is 0 Å².